The lowest BCUT2D eigenvalue weighted by atomic mass is 9.82. The van der Waals surface area contributed by atoms with E-state index in [1.165, 1.54) is 38.5 Å². The lowest BCUT2D eigenvalue weighted by molar-refractivity contribution is 0.660. The summed E-state index contributed by atoms with van der Waals surface area (Å²) < 4.78 is 15.6. The number of rotatable bonds is 5. The van der Waals surface area contributed by atoms with Crippen LogP contribution in [-0.4, -0.2) is 19.5 Å². The minimum absolute atomic E-state index is 0.176. The third kappa shape index (κ3) is 5.39. The normalized spacial score (nSPS) is 13.1. The van der Waals surface area contributed by atoms with E-state index in [0.29, 0.717) is 17.5 Å². The molecule has 14 rings (SSSR count). The maximum Gasteiger partial charge on any atom is 0.164 e. The molecule has 0 N–H and O–H groups in total. The summed E-state index contributed by atoms with van der Waals surface area (Å²) in [6.45, 7) is 4.59. The Hall–Kier alpha value is -8.61. The van der Waals surface area contributed by atoms with Crippen molar-refractivity contribution in [2.24, 2.45) is 0 Å². The summed E-state index contributed by atoms with van der Waals surface area (Å²) in [5, 5.41) is 6.62. The number of nitrogens with zero attached hydrogens (tertiary/aromatic N) is 4. The van der Waals surface area contributed by atoms with E-state index in [0.717, 1.165) is 82.9 Å². The van der Waals surface area contributed by atoms with Gasteiger partial charge in [0.1, 0.15) is 22.3 Å². The molecule has 0 bridgehead atoms. The molecule has 0 aliphatic heterocycles. The molecule has 6 nitrogen and oxygen atoms in total. The molecule has 0 atom stereocenters. The van der Waals surface area contributed by atoms with Crippen LogP contribution in [0.25, 0.3) is 128 Å². The van der Waals surface area contributed by atoms with Crippen LogP contribution in [0.15, 0.2) is 203 Å². The molecule has 0 saturated carbocycles. The Morgan fingerprint density at radius 1 is 0.364 bits per heavy atom. The molecule has 0 unspecified atom stereocenters. The standard InChI is InChI=1S/C60H38N4O2/c1-60(2)49-20-9-6-15-41(49)42-27-23-36(32-50(42)60)57-61-58(37-24-28-45-44-17-8-11-22-53(44)65-54(45)33-37)63-59(62-57)38-25-29-46-47-19-12-18-40(56(47)66-55(46)34-38)35-26-30-52-48(31-35)43-16-7-10-21-51(43)64(52)39-13-4-3-5-14-39/h3-34H,1-2H3. The van der Waals surface area contributed by atoms with E-state index in [9.17, 15) is 0 Å². The molecule has 1 aliphatic carbocycles. The van der Waals surface area contributed by atoms with E-state index in [4.69, 9.17) is 23.8 Å². The fourth-order valence-electron chi connectivity index (χ4n) is 10.6. The highest BCUT2D eigenvalue weighted by Crippen LogP contribution is 2.49. The van der Waals surface area contributed by atoms with E-state index in [-0.39, 0.29) is 5.41 Å². The SMILES string of the molecule is CC1(C)c2ccccc2-c2ccc(-c3nc(-c4ccc5c(c4)oc4ccccc45)nc(-c4ccc5c(c4)oc4c(-c6ccc7c(c6)c6ccccc6n7-c6ccccc6)cccc45)n3)cc21. The maximum absolute atomic E-state index is 6.90. The summed E-state index contributed by atoms with van der Waals surface area (Å²) in [5.74, 6) is 1.73. The topological polar surface area (TPSA) is 69.9 Å². The van der Waals surface area contributed by atoms with Gasteiger partial charge in [-0.05, 0) is 94.5 Å². The Kier molecular flexibility index (Phi) is 7.64. The third-order valence-corrected chi connectivity index (χ3v) is 13.9. The second kappa shape index (κ2) is 13.7. The van der Waals surface area contributed by atoms with Crippen molar-refractivity contribution in [1.29, 1.82) is 0 Å². The number of hydrogen-bond donors (Lipinski definition) is 0. The molecule has 13 aromatic rings. The van der Waals surface area contributed by atoms with Crippen LogP contribution >= 0.6 is 0 Å². The van der Waals surface area contributed by atoms with Crippen molar-refractivity contribution in [2.45, 2.75) is 19.3 Å². The number of benzene rings is 9. The molecule has 0 spiro atoms. The van der Waals surface area contributed by atoms with Gasteiger partial charge in [0.05, 0.1) is 11.0 Å². The largest absolute Gasteiger partial charge is 0.456 e. The first-order chi connectivity index (χ1) is 32.4. The molecular weight excluding hydrogens is 809 g/mol. The summed E-state index contributed by atoms with van der Waals surface area (Å²) >= 11 is 0. The molecule has 310 valence electrons. The third-order valence-electron chi connectivity index (χ3n) is 13.9. The summed E-state index contributed by atoms with van der Waals surface area (Å²) in [7, 11) is 0. The number of fused-ring (bicyclic) bond motifs is 12. The summed E-state index contributed by atoms with van der Waals surface area (Å²) in [6, 6.07) is 68.4. The highest BCUT2D eigenvalue weighted by atomic mass is 16.3. The van der Waals surface area contributed by atoms with Crippen LogP contribution in [0.4, 0.5) is 0 Å². The van der Waals surface area contributed by atoms with Gasteiger partial charge in [-0.2, -0.15) is 0 Å². The number of aromatic nitrogens is 4. The lowest BCUT2D eigenvalue weighted by Gasteiger charge is -2.21. The monoisotopic (exact) mass is 846 g/mol. The van der Waals surface area contributed by atoms with Crippen LogP contribution in [0.2, 0.25) is 0 Å². The molecule has 66 heavy (non-hydrogen) atoms. The summed E-state index contributed by atoms with van der Waals surface area (Å²) in [4.78, 5) is 15.6. The quantitative estimate of drug-likeness (QED) is 0.173. The van der Waals surface area contributed by atoms with Crippen LogP contribution in [-0.2, 0) is 5.41 Å². The highest BCUT2D eigenvalue weighted by Gasteiger charge is 2.35. The van der Waals surface area contributed by atoms with E-state index < -0.39 is 0 Å². The number of furan rings is 2. The maximum atomic E-state index is 6.90. The highest BCUT2D eigenvalue weighted by molar-refractivity contribution is 6.13. The van der Waals surface area contributed by atoms with E-state index >= 15 is 0 Å². The Morgan fingerprint density at radius 3 is 1.73 bits per heavy atom. The van der Waals surface area contributed by atoms with Gasteiger partial charge in [-0.15, -0.1) is 0 Å². The molecule has 0 amide bonds. The van der Waals surface area contributed by atoms with E-state index in [2.05, 4.69) is 188 Å². The number of para-hydroxylation sites is 4. The van der Waals surface area contributed by atoms with Crippen molar-refractivity contribution >= 4 is 65.7 Å². The van der Waals surface area contributed by atoms with Crippen molar-refractivity contribution in [3.63, 3.8) is 0 Å². The first-order valence-corrected chi connectivity index (χ1v) is 22.4. The Bertz CT molecular complexity index is 4150. The average molecular weight is 847 g/mol. The minimum Gasteiger partial charge on any atom is -0.456 e. The van der Waals surface area contributed by atoms with Crippen molar-refractivity contribution in [2.75, 3.05) is 0 Å². The van der Waals surface area contributed by atoms with Gasteiger partial charge in [0, 0.05) is 65.7 Å². The van der Waals surface area contributed by atoms with Gasteiger partial charge in [0.25, 0.3) is 0 Å². The van der Waals surface area contributed by atoms with Gasteiger partial charge in [-0.3, -0.25) is 0 Å². The first-order valence-electron chi connectivity index (χ1n) is 22.4. The Balaban J connectivity index is 0.916. The van der Waals surface area contributed by atoms with Gasteiger partial charge < -0.3 is 13.4 Å². The van der Waals surface area contributed by atoms with Gasteiger partial charge in [-0.25, -0.2) is 15.0 Å². The van der Waals surface area contributed by atoms with E-state index in [1.54, 1.807) is 0 Å². The zero-order chi connectivity index (χ0) is 43.7. The Labute approximate surface area is 379 Å². The smallest absolute Gasteiger partial charge is 0.164 e. The predicted octanol–water partition coefficient (Wildman–Crippen LogP) is 15.7. The van der Waals surface area contributed by atoms with Gasteiger partial charge in [0.2, 0.25) is 0 Å². The lowest BCUT2D eigenvalue weighted by Crippen LogP contribution is -2.15. The van der Waals surface area contributed by atoms with Crippen molar-refractivity contribution in [3.8, 4) is 62.1 Å². The van der Waals surface area contributed by atoms with Gasteiger partial charge in [0.15, 0.2) is 17.5 Å². The van der Waals surface area contributed by atoms with Crippen LogP contribution in [0.1, 0.15) is 25.0 Å². The number of hydrogen-bond acceptors (Lipinski definition) is 5. The zero-order valence-electron chi connectivity index (χ0n) is 36.1. The van der Waals surface area contributed by atoms with Crippen LogP contribution in [0.5, 0.6) is 0 Å². The molecule has 4 aromatic heterocycles. The minimum atomic E-state index is -0.176. The Morgan fingerprint density at radius 2 is 0.924 bits per heavy atom. The second-order valence-corrected chi connectivity index (χ2v) is 18.0. The molecule has 1 aliphatic rings. The summed E-state index contributed by atoms with van der Waals surface area (Å²) in [6.07, 6.45) is 0. The average Bonchev–Trinajstić information content (AvgIpc) is 4.10. The van der Waals surface area contributed by atoms with Gasteiger partial charge >= 0.3 is 0 Å². The zero-order valence-corrected chi connectivity index (χ0v) is 36.1. The van der Waals surface area contributed by atoms with Crippen molar-refractivity contribution in [1.82, 2.24) is 19.5 Å². The molecule has 6 heteroatoms. The van der Waals surface area contributed by atoms with Crippen LogP contribution < -0.4 is 0 Å². The molecular formula is C60H38N4O2. The second-order valence-electron chi connectivity index (χ2n) is 18.0. The van der Waals surface area contributed by atoms with Crippen molar-refractivity contribution in [3.05, 3.63) is 205 Å². The van der Waals surface area contributed by atoms with Gasteiger partial charge in [-0.1, -0.05) is 141 Å². The van der Waals surface area contributed by atoms with E-state index in [1.807, 2.05) is 24.3 Å². The van der Waals surface area contributed by atoms with Crippen LogP contribution in [0, 0.1) is 0 Å². The fourth-order valence-corrected chi connectivity index (χ4v) is 10.6. The molecule has 0 radical (unpaired) electrons. The molecule has 0 fully saturated rings. The van der Waals surface area contributed by atoms with Crippen molar-refractivity contribution < 1.29 is 8.83 Å². The predicted molar refractivity (Wildman–Crippen MR) is 268 cm³/mol. The summed E-state index contributed by atoms with van der Waals surface area (Å²) in [5.41, 5.74) is 16.4. The first kappa shape index (κ1) is 36.8. The molecule has 0 saturated heterocycles. The fraction of sp³-hybridized carbons (Fsp3) is 0.0500. The molecule has 4 heterocycles. The van der Waals surface area contributed by atoms with Crippen LogP contribution in [0.3, 0.4) is 0 Å². The molecule has 9 aromatic carbocycles.